The molecule has 2 fully saturated rings. The van der Waals surface area contributed by atoms with Crippen LogP contribution in [0, 0.1) is 5.92 Å². The Morgan fingerprint density at radius 2 is 2.17 bits per heavy atom. The van der Waals surface area contributed by atoms with Gasteiger partial charge in [-0.15, -0.1) is 0 Å². The van der Waals surface area contributed by atoms with Gasteiger partial charge in [0.2, 0.25) is 5.91 Å². The van der Waals surface area contributed by atoms with Crippen LogP contribution in [0.15, 0.2) is 34.9 Å². The average Bonchev–Trinajstić information content (AvgIpc) is 3.30. The summed E-state index contributed by atoms with van der Waals surface area (Å²) in [5, 5.41) is 6.80. The van der Waals surface area contributed by atoms with E-state index in [1.54, 1.807) is 0 Å². The van der Waals surface area contributed by atoms with E-state index in [1.165, 1.54) is 19.3 Å². The van der Waals surface area contributed by atoms with Crippen molar-refractivity contribution in [3.05, 3.63) is 36.2 Å². The van der Waals surface area contributed by atoms with Crippen molar-refractivity contribution < 1.29 is 9.32 Å². The van der Waals surface area contributed by atoms with Crippen LogP contribution in [0.5, 0.6) is 0 Å². The number of piperidine rings is 1. The van der Waals surface area contributed by atoms with Crippen LogP contribution >= 0.6 is 0 Å². The van der Waals surface area contributed by atoms with Crippen molar-refractivity contribution in [3.8, 4) is 11.5 Å². The lowest BCUT2D eigenvalue weighted by Gasteiger charge is -2.25. The summed E-state index contributed by atoms with van der Waals surface area (Å²) in [6.45, 7) is 1.85. The molecule has 1 saturated carbocycles. The Morgan fingerprint density at radius 1 is 1.30 bits per heavy atom. The summed E-state index contributed by atoms with van der Waals surface area (Å²) in [4.78, 5) is 18.7. The lowest BCUT2D eigenvalue weighted by atomic mass is 10.1. The molecule has 120 valence electrons. The molecule has 6 nitrogen and oxygen atoms in total. The Labute approximate surface area is 134 Å². The highest BCUT2D eigenvalue weighted by Gasteiger charge is 2.38. The van der Waals surface area contributed by atoms with Crippen LogP contribution in [-0.4, -0.2) is 40.1 Å². The normalized spacial score (nSPS) is 23.3. The Morgan fingerprint density at radius 3 is 2.91 bits per heavy atom. The van der Waals surface area contributed by atoms with Crippen LogP contribution in [0.25, 0.3) is 11.5 Å². The summed E-state index contributed by atoms with van der Waals surface area (Å²) < 4.78 is 5.23. The Bertz CT molecular complexity index is 685. The van der Waals surface area contributed by atoms with E-state index in [2.05, 4.69) is 20.4 Å². The molecule has 2 atom stereocenters. The van der Waals surface area contributed by atoms with Crippen LogP contribution in [0.2, 0.25) is 0 Å². The topological polar surface area (TPSA) is 71.3 Å². The molecule has 4 rings (SSSR count). The smallest absolute Gasteiger partial charge is 0.257 e. The van der Waals surface area contributed by atoms with E-state index in [0.717, 1.165) is 18.0 Å². The molecule has 1 aromatic carbocycles. The second kappa shape index (κ2) is 6.12. The van der Waals surface area contributed by atoms with E-state index in [1.807, 2.05) is 30.3 Å². The number of aromatic nitrogens is 2. The molecule has 0 radical (unpaired) electrons. The maximum atomic E-state index is 12.1. The second-order valence-corrected chi connectivity index (χ2v) is 6.42. The maximum Gasteiger partial charge on any atom is 0.257 e. The van der Waals surface area contributed by atoms with Crippen molar-refractivity contribution in [2.24, 2.45) is 5.92 Å². The molecule has 1 aromatic heterocycles. The SMILES string of the molecule is O=C(CN1C[C@H]2CC[C@@H]1C2)NCc1noc(-c2ccccc2)n1. The minimum absolute atomic E-state index is 0.0311. The number of nitrogens with zero attached hydrogens (tertiary/aromatic N) is 3. The van der Waals surface area contributed by atoms with Crippen molar-refractivity contribution in [1.29, 1.82) is 0 Å². The predicted octanol–water partition coefficient (Wildman–Crippen LogP) is 1.84. The Hall–Kier alpha value is -2.21. The summed E-state index contributed by atoms with van der Waals surface area (Å²) in [5.74, 6) is 1.81. The highest BCUT2D eigenvalue weighted by atomic mass is 16.5. The molecule has 1 aliphatic carbocycles. The molecule has 23 heavy (non-hydrogen) atoms. The molecule has 2 heterocycles. The first-order chi connectivity index (χ1) is 11.3. The number of amides is 1. The number of nitrogens with one attached hydrogen (secondary N) is 1. The van der Waals surface area contributed by atoms with E-state index in [4.69, 9.17) is 4.52 Å². The first-order valence-corrected chi connectivity index (χ1v) is 8.16. The number of carbonyl (C=O) groups excluding carboxylic acids is 1. The third-order valence-corrected chi connectivity index (χ3v) is 4.80. The number of hydrogen-bond donors (Lipinski definition) is 1. The summed E-state index contributed by atoms with van der Waals surface area (Å²) in [7, 11) is 0. The predicted molar refractivity (Wildman–Crippen MR) is 84.3 cm³/mol. The number of likely N-dealkylation sites (tertiary alicyclic amines) is 1. The van der Waals surface area contributed by atoms with Gasteiger partial charge in [0.05, 0.1) is 13.1 Å². The zero-order valence-corrected chi connectivity index (χ0v) is 12.9. The van der Waals surface area contributed by atoms with Crippen LogP contribution in [0.4, 0.5) is 0 Å². The van der Waals surface area contributed by atoms with Gasteiger partial charge in [0, 0.05) is 18.2 Å². The van der Waals surface area contributed by atoms with Gasteiger partial charge >= 0.3 is 0 Å². The standard InChI is InChI=1S/C17H20N4O2/c22-16(11-21-10-12-6-7-14(21)8-12)18-9-15-19-17(23-20-15)13-4-2-1-3-5-13/h1-5,12,14H,6-11H2,(H,18,22)/t12-,14+/m0/s1. The van der Waals surface area contributed by atoms with Crippen molar-refractivity contribution in [3.63, 3.8) is 0 Å². The van der Waals surface area contributed by atoms with E-state index >= 15 is 0 Å². The van der Waals surface area contributed by atoms with Gasteiger partial charge in [-0.25, -0.2) is 0 Å². The number of hydrogen-bond acceptors (Lipinski definition) is 5. The van der Waals surface area contributed by atoms with Gasteiger partial charge in [-0.1, -0.05) is 23.4 Å². The van der Waals surface area contributed by atoms with Gasteiger partial charge in [0.25, 0.3) is 5.89 Å². The van der Waals surface area contributed by atoms with Crippen LogP contribution in [0.1, 0.15) is 25.1 Å². The van der Waals surface area contributed by atoms with Gasteiger partial charge in [-0.05, 0) is 37.3 Å². The van der Waals surface area contributed by atoms with Crippen molar-refractivity contribution in [2.75, 3.05) is 13.1 Å². The number of fused-ring (bicyclic) bond motifs is 2. The molecule has 6 heteroatoms. The molecule has 0 unspecified atom stereocenters. The summed E-state index contributed by atoms with van der Waals surface area (Å²) in [6.07, 6.45) is 3.83. The second-order valence-electron chi connectivity index (χ2n) is 6.42. The van der Waals surface area contributed by atoms with E-state index < -0.39 is 0 Å². The molecular formula is C17H20N4O2. The largest absolute Gasteiger partial charge is 0.348 e. The van der Waals surface area contributed by atoms with Crippen molar-refractivity contribution in [2.45, 2.75) is 31.8 Å². The molecule has 1 aliphatic heterocycles. The van der Waals surface area contributed by atoms with Crippen molar-refractivity contribution in [1.82, 2.24) is 20.4 Å². The van der Waals surface area contributed by atoms with Crippen LogP contribution in [0.3, 0.4) is 0 Å². The van der Waals surface area contributed by atoms with Gasteiger partial charge in [-0.2, -0.15) is 4.98 Å². The van der Waals surface area contributed by atoms with Gasteiger partial charge in [0.15, 0.2) is 5.82 Å². The van der Waals surface area contributed by atoms with Gasteiger partial charge in [0.1, 0.15) is 0 Å². The third-order valence-electron chi connectivity index (χ3n) is 4.80. The van der Waals surface area contributed by atoms with E-state index in [-0.39, 0.29) is 5.91 Å². The van der Waals surface area contributed by atoms with Crippen LogP contribution < -0.4 is 5.32 Å². The Kier molecular flexibility index (Phi) is 3.83. The molecule has 1 saturated heterocycles. The quantitative estimate of drug-likeness (QED) is 0.912. The minimum Gasteiger partial charge on any atom is -0.348 e. The molecule has 2 aliphatic rings. The van der Waals surface area contributed by atoms with E-state index in [0.29, 0.717) is 30.8 Å². The molecule has 1 amide bonds. The highest BCUT2D eigenvalue weighted by Crippen LogP contribution is 2.36. The molecular weight excluding hydrogens is 292 g/mol. The molecule has 2 aromatic rings. The summed E-state index contributed by atoms with van der Waals surface area (Å²) in [6, 6.07) is 10.2. The molecule has 0 spiro atoms. The fraction of sp³-hybridized carbons (Fsp3) is 0.471. The van der Waals surface area contributed by atoms with E-state index in [9.17, 15) is 4.79 Å². The average molecular weight is 312 g/mol. The first kappa shape index (κ1) is 14.4. The van der Waals surface area contributed by atoms with Gasteiger partial charge in [-0.3, -0.25) is 9.69 Å². The number of carbonyl (C=O) groups is 1. The maximum absolute atomic E-state index is 12.1. The lowest BCUT2D eigenvalue weighted by molar-refractivity contribution is -0.122. The van der Waals surface area contributed by atoms with Gasteiger partial charge < -0.3 is 9.84 Å². The molecule has 1 N–H and O–H groups in total. The summed E-state index contributed by atoms with van der Waals surface area (Å²) in [5.41, 5.74) is 0.880. The number of rotatable bonds is 5. The number of benzene rings is 1. The highest BCUT2D eigenvalue weighted by molar-refractivity contribution is 5.78. The van der Waals surface area contributed by atoms with Crippen LogP contribution in [-0.2, 0) is 11.3 Å². The molecule has 2 bridgehead atoms. The monoisotopic (exact) mass is 312 g/mol. The fourth-order valence-electron chi connectivity index (χ4n) is 3.66. The first-order valence-electron chi connectivity index (χ1n) is 8.16. The summed E-state index contributed by atoms with van der Waals surface area (Å²) >= 11 is 0. The minimum atomic E-state index is 0.0311. The zero-order chi connectivity index (χ0) is 15.6. The third kappa shape index (κ3) is 3.12. The fourth-order valence-corrected chi connectivity index (χ4v) is 3.66. The lowest BCUT2D eigenvalue weighted by Crippen LogP contribution is -2.41. The zero-order valence-electron chi connectivity index (χ0n) is 12.9. The Balaban J connectivity index is 1.29. The van der Waals surface area contributed by atoms with Crippen molar-refractivity contribution >= 4 is 5.91 Å².